The smallest absolute Gasteiger partial charge is 0.162 e. The van der Waals surface area contributed by atoms with E-state index in [1.165, 1.54) is 19.1 Å². The fourth-order valence-corrected chi connectivity index (χ4v) is 1.62. The van der Waals surface area contributed by atoms with Crippen molar-refractivity contribution >= 4 is 5.78 Å². The minimum atomic E-state index is -0.490. The van der Waals surface area contributed by atoms with E-state index in [2.05, 4.69) is 4.98 Å². The van der Waals surface area contributed by atoms with Gasteiger partial charge in [-0.25, -0.2) is 4.39 Å². The average Bonchev–Trinajstić information content (AvgIpc) is 2.29. The quantitative estimate of drug-likeness (QED) is 0.739. The van der Waals surface area contributed by atoms with Gasteiger partial charge in [-0.1, -0.05) is 12.1 Å². The SMILES string of the molecule is CC(=O)c1ccc(-c2ccc(C)nc2)cc1F. The Morgan fingerprint density at radius 1 is 1.18 bits per heavy atom. The fraction of sp³-hybridized carbons (Fsp3) is 0.143. The Morgan fingerprint density at radius 3 is 2.41 bits per heavy atom. The number of hydrogen-bond donors (Lipinski definition) is 0. The van der Waals surface area contributed by atoms with Gasteiger partial charge in [0.05, 0.1) is 5.56 Å². The maximum atomic E-state index is 13.6. The van der Waals surface area contributed by atoms with E-state index in [0.717, 1.165) is 16.8 Å². The Labute approximate surface area is 99.1 Å². The molecule has 0 aliphatic carbocycles. The molecule has 0 fully saturated rings. The zero-order valence-corrected chi connectivity index (χ0v) is 9.70. The summed E-state index contributed by atoms with van der Waals surface area (Å²) in [5.41, 5.74) is 2.59. The van der Waals surface area contributed by atoms with Crippen LogP contribution in [0.3, 0.4) is 0 Å². The van der Waals surface area contributed by atoms with Gasteiger partial charge in [-0.05, 0) is 37.6 Å². The number of aryl methyl sites for hydroxylation is 1. The van der Waals surface area contributed by atoms with Gasteiger partial charge in [0.25, 0.3) is 0 Å². The zero-order chi connectivity index (χ0) is 12.4. The van der Waals surface area contributed by atoms with Crippen LogP contribution in [0.15, 0.2) is 36.5 Å². The highest BCUT2D eigenvalue weighted by Gasteiger charge is 2.08. The summed E-state index contributed by atoms with van der Waals surface area (Å²) < 4.78 is 13.6. The lowest BCUT2D eigenvalue weighted by Crippen LogP contribution is -1.97. The van der Waals surface area contributed by atoms with Gasteiger partial charge in [0.15, 0.2) is 5.78 Å². The van der Waals surface area contributed by atoms with Gasteiger partial charge in [0.2, 0.25) is 0 Å². The van der Waals surface area contributed by atoms with E-state index < -0.39 is 5.82 Å². The van der Waals surface area contributed by atoms with Crippen LogP contribution in [0, 0.1) is 12.7 Å². The molecule has 0 amide bonds. The monoisotopic (exact) mass is 229 g/mol. The molecule has 0 saturated carbocycles. The molecule has 3 heteroatoms. The van der Waals surface area contributed by atoms with Crippen molar-refractivity contribution in [2.75, 3.05) is 0 Å². The van der Waals surface area contributed by atoms with E-state index in [0.29, 0.717) is 0 Å². The number of carbonyl (C=O) groups is 1. The third kappa shape index (κ3) is 2.38. The first-order valence-corrected chi connectivity index (χ1v) is 5.31. The summed E-state index contributed by atoms with van der Waals surface area (Å²) in [6.07, 6.45) is 1.69. The Kier molecular flexibility index (Phi) is 3.00. The number of halogens is 1. The first-order chi connectivity index (χ1) is 8.08. The first kappa shape index (κ1) is 11.5. The van der Waals surface area contributed by atoms with Crippen LogP contribution in [0.2, 0.25) is 0 Å². The number of benzene rings is 1. The molecule has 2 nitrogen and oxygen atoms in total. The molecule has 0 saturated heterocycles. The Balaban J connectivity index is 2.44. The number of nitrogens with zero attached hydrogens (tertiary/aromatic N) is 1. The van der Waals surface area contributed by atoms with Gasteiger partial charge in [-0.2, -0.15) is 0 Å². The molecule has 0 radical (unpaired) electrons. The van der Waals surface area contributed by atoms with Gasteiger partial charge < -0.3 is 0 Å². The predicted molar refractivity (Wildman–Crippen MR) is 64.4 cm³/mol. The highest BCUT2D eigenvalue weighted by atomic mass is 19.1. The lowest BCUT2D eigenvalue weighted by Gasteiger charge is -2.04. The number of carbonyl (C=O) groups excluding carboxylic acids is 1. The second-order valence-corrected chi connectivity index (χ2v) is 3.94. The molecular weight excluding hydrogens is 217 g/mol. The van der Waals surface area contributed by atoms with Crippen molar-refractivity contribution in [3.63, 3.8) is 0 Å². The standard InChI is InChI=1S/C14H12FNO/c1-9-3-4-12(8-16-9)11-5-6-13(10(2)17)14(15)7-11/h3-8H,1-2H3. The van der Waals surface area contributed by atoms with E-state index in [-0.39, 0.29) is 11.3 Å². The van der Waals surface area contributed by atoms with Gasteiger partial charge >= 0.3 is 0 Å². The van der Waals surface area contributed by atoms with Crippen LogP contribution in [0.25, 0.3) is 11.1 Å². The third-order valence-corrected chi connectivity index (χ3v) is 2.59. The number of rotatable bonds is 2. The number of pyridine rings is 1. The lowest BCUT2D eigenvalue weighted by molar-refractivity contribution is 0.101. The molecule has 0 aliphatic rings. The van der Waals surface area contributed by atoms with Crippen molar-refractivity contribution < 1.29 is 9.18 Å². The molecule has 0 atom stereocenters. The third-order valence-electron chi connectivity index (χ3n) is 2.59. The largest absolute Gasteiger partial charge is 0.294 e. The van der Waals surface area contributed by atoms with E-state index in [1.807, 2.05) is 19.1 Å². The number of aromatic nitrogens is 1. The molecule has 1 heterocycles. The minimum absolute atomic E-state index is 0.119. The van der Waals surface area contributed by atoms with Crippen LogP contribution < -0.4 is 0 Å². The molecule has 0 N–H and O–H groups in total. The second kappa shape index (κ2) is 4.45. The minimum Gasteiger partial charge on any atom is -0.294 e. The van der Waals surface area contributed by atoms with Crippen LogP contribution in [-0.2, 0) is 0 Å². The highest BCUT2D eigenvalue weighted by molar-refractivity contribution is 5.94. The van der Waals surface area contributed by atoms with Crippen LogP contribution in [0.5, 0.6) is 0 Å². The van der Waals surface area contributed by atoms with E-state index in [4.69, 9.17) is 0 Å². The lowest BCUT2D eigenvalue weighted by atomic mass is 10.0. The molecular formula is C14H12FNO. The van der Waals surface area contributed by atoms with Crippen molar-refractivity contribution in [2.45, 2.75) is 13.8 Å². The van der Waals surface area contributed by atoms with Gasteiger partial charge in [0, 0.05) is 17.5 Å². The van der Waals surface area contributed by atoms with Crippen molar-refractivity contribution in [1.29, 1.82) is 0 Å². The molecule has 0 bridgehead atoms. The zero-order valence-electron chi connectivity index (χ0n) is 9.70. The fourth-order valence-electron chi connectivity index (χ4n) is 1.62. The van der Waals surface area contributed by atoms with Crippen molar-refractivity contribution in [1.82, 2.24) is 4.98 Å². The number of ketones is 1. The summed E-state index contributed by atoms with van der Waals surface area (Å²) in [4.78, 5) is 15.3. The molecule has 2 aromatic rings. The average molecular weight is 229 g/mol. The summed E-state index contributed by atoms with van der Waals surface area (Å²) in [6.45, 7) is 3.24. The van der Waals surface area contributed by atoms with Crippen LogP contribution in [0.1, 0.15) is 23.0 Å². The van der Waals surface area contributed by atoms with Crippen molar-refractivity contribution in [2.24, 2.45) is 0 Å². The summed E-state index contributed by atoms with van der Waals surface area (Å²) in [6, 6.07) is 8.35. The van der Waals surface area contributed by atoms with Crippen molar-refractivity contribution in [3.8, 4) is 11.1 Å². The first-order valence-electron chi connectivity index (χ1n) is 5.31. The van der Waals surface area contributed by atoms with Gasteiger partial charge in [0.1, 0.15) is 5.82 Å². The Bertz CT molecular complexity index is 561. The van der Waals surface area contributed by atoms with E-state index in [1.54, 1.807) is 12.3 Å². The maximum absolute atomic E-state index is 13.6. The molecule has 1 aromatic carbocycles. The number of hydrogen-bond acceptors (Lipinski definition) is 2. The molecule has 0 spiro atoms. The molecule has 17 heavy (non-hydrogen) atoms. The van der Waals surface area contributed by atoms with E-state index in [9.17, 15) is 9.18 Å². The normalized spacial score (nSPS) is 10.3. The molecule has 0 aliphatic heterocycles. The van der Waals surface area contributed by atoms with Crippen LogP contribution >= 0.6 is 0 Å². The molecule has 86 valence electrons. The Hall–Kier alpha value is -2.03. The summed E-state index contributed by atoms with van der Waals surface area (Å²) >= 11 is 0. The van der Waals surface area contributed by atoms with Gasteiger partial charge in [-0.15, -0.1) is 0 Å². The van der Waals surface area contributed by atoms with Crippen molar-refractivity contribution in [3.05, 3.63) is 53.6 Å². The summed E-state index contributed by atoms with van der Waals surface area (Å²) in [5.74, 6) is -0.758. The molecule has 0 unspecified atom stereocenters. The second-order valence-electron chi connectivity index (χ2n) is 3.94. The van der Waals surface area contributed by atoms with Gasteiger partial charge in [-0.3, -0.25) is 9.78 Å². The van der Waals surface area contributed by atoms with Crippen LogP contribution in [-0.4, -0.2) is 10.8 Å². The predicted octanol–water partition coefficient (Wildman–Crippen LogP) is 3.40. The summed E-state index contributed by atoms with van der Waals surface area (Å²) in [5, 5.41) is 0. The van der Waals surface area contributed by atoms with E-state index >= 15 is 0 Å². The maximum Gasteiger partial charge on any atom is 0.162 e. The molecule has 2 rings (SSSR count). The highest BCUT2D eigenvalue weighted by Crippen LogP contribution is 2.21. The van der Waals surface area contributed by atoms with Crippen LogP contribution in [0.4, 0.5) is 4.39 Å². The topological polar surface area (TPSA) is 30.0 Å². The number of Topliss-reactive ketones (excluding diaryl/α,β-unsaturated/α-hetero) is 1. The molecule has 1 aromatic heterocycles. The Morgan fingerprint density at radius 2 is 1.88 bits per heavy atom. The summed E-state index contributed by atoms with van der Waals surface area (Å²) in [7, 11) is 0.